The van der Waals surface area contributed by atoms with E-state index in [4.69, 9.17) is 5.73 Å². The molecular formula is C27H32F3N7O. The Morgan fingerprint density at radius 3 is 2.55 bits per heavy atom. The molecule has 5 fully saturated rings. The van der Waals surface area contributed by atoms with Crippen LogP contribution in [0.5, 0.6) is 5.75 Å². The monoisotopic (exact) mass is 527 g/mol. The maximum absolute atomic E-state index is 12.8. The van der Waals surface area contributed by atoms with E-state index in [1.165, 1.54) is 50.4 Å². The molecule has 1 saturated heterocycles. The van der Waals surface area contributed by atoms with Crippen molar-refractivity contribution in [2.75, 3.05) is 30.3 Å². The van der Waals surface area contributed by atoms with Crippen LogP contribution in [0.4, 0.5) is 24.9 Å². The molecule has 0 amide bonds. The first kappa shape index (κ1) is 25.2. The van der Waals surface area contributed by atoms with Crippen molar-refractivity contribution in [2.45, 2.75) is 57.1 Å². The molecule has 38 heavy (non-hydrogen) atoms. The van der Waals surface area contributed by atoms with Crippen molar-refractivity contribution in [3.05, 3.63) is 41.6 Å². The molecule has 0 spiro atoms. The summed E-state index contributed by atoms with van der Waals surface area (Å²) in [6, 6.07) is 9.07. The molecule has 5 atom stereocenters. The number of nitriles is 1. The number of likely N-dealkylation sites (tertiary alicyclic amines) is 1. The fourth-order valence-corrected chi connectivity index (χ4v) is 7.77. The van der Waals surface area contributed by atoms with E-state index in [-0.39, 0.29) is 23.7 Å². The minimum Gasteiger partial charge on any atom is -0.405 e. The number of anilines is 2. The minimum absolute atomic E-state index is 0.0358. The fourth-order valence-electron chi connectivity index (χ4n) is 7.77. The lowest BCUT2D eigenvalue weighted by molar-refractivity contribution is -0.274. The van der Waals surface area contributed by atoms with E-state index >= 15 is 0 Å². The Hall–Kier alpha value is -3.10. The summed E-state index contributed by atoms with van der Waals surface area (Å²) in [5.74, 6) is 2.57. The number of hydrogen-bond acceptors (Lipinski definition) is 8. The van der Waals surface area contributed by atoms with Crippen LogP contribution in [0, 0.1) is 34.5 Å². The third kappa shape index (κ3) is 4.99. The molecule has 1 aliphatic heterocycles. The predicted octanol–water partition coefficient (Wildman–Crippen LogP) is 4.11. The van der Waals surface area contributed by atoms with Gasteiger partial charge < -0.3 is 21.1 Å². The molecule has 4 bridgehead atoms. The van der Waals surface area contributed by atoms with Crippen LogP contribution in [-0.4, -0.2) is 52.9 Å². The average Bonchev–Trinajstić information content (AvgIpc) is 2.84. The summed E-state index contributed by atoms with van der Waals surface area (Å²) in [6.45, 7) is 2.81. The van der Waals surface area contributed by atoms with Crippen molar-refractivity contribution in [2.24, 2.45) is 28.9 Å². The van der Waals surface area contributed by atoms with Crippen LogP contribution >= 0.6 is 0 Å². The summed E-state index contributed by atoms with van der Waals surface area (Å²) < 4.78 is 42.4. The molecule has 8 nitrogen and oxygen atoms in total. The summed E-state index contributed by atoms with van der Waals surface area (Å²) in [5, 5.41) is 16.1. The number of ether oxygens (including phenoxy) is 1. The maximum Gasteiger partial charge on any atom is 0.573 e. The van der Waals surface area contributed by atoms with Gasteiger partial charge in [-0.1, -0.05) is 18.2 Å². The van der Waals surface area contributed by atoms with E-state index in [0.29, 0.717) is 40.9 Å². The number of rotatable bonds is 8. The Labute approximate surface area is 219 Å². The molecule has 4 saturated carbocycles. The van der Waals surface area contributed by atoms with E-state index in [1.807, 2.05) is 0 Å². The van der Waals surface area contributed by atoms with E-state index in [2.05, 4.69) is 36.3 Å². The maximum atomic E-state index is 12.8. The highest BCUT2D eigenvalue weighted by Crippen LogP contribution is 2.61. The number of nitrogens with two attached hydrogens (primary N) is 1. The minimum atomic E-state index is -4.78. The molecule has 2 heterocycles. The second kappa shape index (κ2) is 9.58. The van der Waals surface area contributed by atoms with Gasteiger partial charge in [0, 0.05) is 43.8 Å². The quantitative estimate of drug-likeness (QED) is 0.470. The van der Waals surface area contributed by atoms with Crippen LogP contribution in [0.15, 0.2) is 30.5 Å². The fraction of sp³-hybridized carbons (Fsp3) is 0.593. The summed E-state index contributed by atoms with van der Waals surface area (Å²) in [4.78, 5) is 11.3. The largest absolute Gasteiger partial charge is 0.573 e. The van der Waals surface area contributed by atoms with Crippen LogP contribution < -0.4 is 21.1 Å². The Balaban J connectivity index is 1.13. The predicted molar refractivity (Wildman–Crippen MR) is 135 cm³/mol. The zero-order valence-corrected chi connectivity index (χ0v) is 21.0. The molecule has 3 unspecified atom stereocenters. The summed E-state index contributed by atoms with van der Waals surface area (Å²) in [5.41, 5.74) is 6.93. The zero-order chi connectivity index (χ0) is 26.5. The van der Waals surface area contributed by atoms with Gasteiger partial charge in [0.05, 0.1) is 6.20 Å². The molecule has 202 valence electrons. The van der Waals surface area contributed by atoms with Crippen LogP contribution in [-0.2, 0) is 6.54 Å². The third-order valence-electron chi connectivity index (χ3n) is 8.89. The number of hydrogen-bond donors (Lipinski definition) is 3. The highest BCUT2D eigenvalue weighted by molar-refractivity contribution is 5.53. The molecule has 7 rings (SSSR count). The van der Waals surface area contributed by atoms with Crippen molar-refractivity contribution in [1.29, 1.82) is 5.26 Å². The second-order valence-electron chi connectivity index (χ2n) is 11.6. The molecular weight excluding hydrogens is 495 g/mol. The van der Waals surface area contributed by atoms with Gasteiger partial charge in [-0.05, 0) is 61.3 Å². The Morgan fingerprint density at radius 2 is 1.87 bits per heavy atom. The Bertz CT molecular complexity index is 1210. The number of benzene rings is 1. The van der Waals surface area contributed by atoms with Gasteiger partial charge in [-0.3, -0.25) is 4.90 Å². The van der Waals surface area contributed by atoms with Gasteiger partial charge in [0.25, 0.3) is 0 Å². The van der Waals surface area contributed by atoms with Gasteiger partial charge in [0.15, 0.2) is 0 Å². The van der Waals surface area contributed by atoms with E-state index < -0.39 is 6.36 Å². The van der Waals surface area contributed by atoms with Crippen molar-refractivity contribution in [3.8, 4) is 11.8 Å². The number of nitrogens with one attached hydrogen (secondary N) is 2. The lowest BCUT2D eigenvalue weighted by Crippen LogP contribution is -2.67. The number of nitrogens with zero attached hydrogens (tertiary/aromatic N) is 4. The molecule has 11 heteroatoms. The first-order chi connectivity index (χ1) is 18.2. The van der Waals surface area contributed by atoms with Crippen LogP contribution in [0.3, 0.4) is 0 Å². The summed E-state index contributed by atoms with van der Waals surface area (Å²) >= 11 is 0. The van der Waals surface area contributed by atoms with Gasteiger partial charge in [0.2, 0.25) is 5.95 Å². The zero-order valence-electron chi connectivity index (χ0n) is 21.0. The molecule has 2 aromatic rings. The Kier molecular flexibility index (Phi) is 6.35. The van der Waals surface area contributed by atoms with Crippen molar-refractivity contribution in [3.63, 3.8) is 0 Å². The molecule has 4 N–H and O–H groups in total. The second-order valence-corrected chi connectivity index (χ2v) is 11.6. The van der Waals surface area contributed by atoms with Gasteiger partial charge in [0.1, 0.15) is 23.2 Å². The first-order valence-corrected chi connectivity index (χ1v) is 13.3. The van der Waals surface area contributed by atoms with Crippen molar-refractivity contribution in [1.82, 2.24) is 14.9 Å². The van der Waals surface area contributed by atoms with Crippen molar-refractivity contribution >= 4 is 11.8 Å². The van der Waals surface area contributed by atoms with E-state index in [1.54, 1.807) is 12.1 Å². The normalized spacial score (nSPS) is 30.5. The molecule has 1 aromatic carbocycles. The smallest absolute Gasteiger partial charge is 0.405 e. The number of aromatic nitrogens is 2. The first-order valence-electron chi connectivity index (χ1n) is 13.3. The summed E-state index contributed by atoms with van der Waals surface area (Å²) in [6.07, 6.45) is 2.83. The van der Waals surface area contributed by atoms with Gasteiger partial charge >= 0.3 is 6.36 Å². The molecule has 1 aromatic heterocycles. The molecule has 4 aliphatic carbocycles. The van der Waals surface area contributed by atoms with Gasteiger partial charge in [-0.25, -0.2) is 4.98 Å². The number of para-hydroxylation sites is 1. The van der Waals surface area contributed by atoms with Crippen LogP contribution in [0.25, 0.3) is 0 Å². The van der Waals surface area contributed by atoms with Crippen LogP contribution in [0.2, 0.25) is 0 Å². The SMILES string of the molecule is N#Cc1cnc(NCc2ccccc2OC(F)(F)F)nc1NCC12CC3C[C@H](C1)C(N1CC(N)C1)[C@@H](C3)C2. The van der Waals surface area contributed by atoms with E-state index in [0.717, 1.165) is 25.6 Å². The molecule has 0 radical (unpaired) electrons. The molecule has 5 aliphatic rings. The summed E-state index contributed by atoms with van der Waals surface area (Å²) in [7, 11) is 0. The standard InChI is InChI=1S/C27H32F3N7O/c28-27(29,30)38-22-4-2-1-3-17(22)11-33-25-34-12-20(10-31)24(36-25)35-15-26-7-16-5-18(8-26)23(19(6-16)9-26)37-13-21(32)14-37/h1-4,12,16,18-19,21,23H,5-9,11,13-15,32H2,(H2,33,34,35,36)/t16?,18-,19+,23?,26?. The number of halogens is 3. The Morgan fingerprint density at radius 1 is 1.13 bits per heavy atom. The lowest BCUT2D eigenvalue weighted by atomic mass is 9.47. The topological polar surface area (TPSA) is 112 Å². The van der Waals surface area contributed by atoms with E-state index in [9.17, 15) is 18.4 Å². The van der Waals surface area contributed by atoms with Gasteiger partial charge in [-0.15, -0.1) is 13.2 Å². The van der Waals surface area contributed by atoms with Crippen molar-refractivity contribution < 1.29 is 17.9 Å². The highest BCUT2D eigenvalue weighted by Gasteiger charge is 2.57. The average molecular weight is 528 g/mol. The van der Waals surface area contributed by atoms with Gasteiger partial charge in [-0.2, -0.15) is 10.2 Å². The lowest BCUT2D eigenvalue weighted by Gasteiger charge is -2.64. The highest BCUT2D eigenvalue weighted by atomic mass is 19.4. The number of alkyl halides is 3. The van der Waals surface area contributed by atoms with Crippen LogP contribution in [0.1, 0.15) is 43.2 Å². The third-order valence-corrected chi connectivity index (χ3v) is 8.89.